The molecule has 0 aliphatic carbocycles. The minimum absolute atomic E-state index is 0.105. The highest BCUT2D eigenvalue weighted by molar-refractivity contribution is 7.99. The van der Waals surface area contributed by atoms with Crippen molar-refractivity contribution in [2.45, 2.75) is 58.2 Å². The van der Waals surface area contributed by atoms with Gasteiger partial charge in [0.05, 0.1) is 0 Å². The Morgan fingerprint density at radius 2 is 1.93 bits per heavy atom. The summed E-state index contributed by atoms with van der Waals surface area (Å²) < 4.78 is 7.03. The monoisotopic (exact) mass is 413 g/mol. The van der Waals surface area contributed by atoms with Crippen LogP contribution in [0.15, 0.2) is 40.0 Å². The fraction of sp³-hybridized carbons (Fsp3) is 0.429. The lowest BCUT2D eigenvalue weighted by atomic mass is 9.87. The highest BCUT2D eigenvalue weighted by Gasteiger charge is 2.17. The van der Waals surface area contributed by atoms with Crippen molar-refractivity contribution in [2.75, 3.05) is 11.1 Å². The van der Waals surface area contributed by atoms with E-state index in [9.17, 15) is 4.79 Å². The van der Waals surface area contributed by atoms with Crippen LogP contribution in [0, 0.1) is 6.92 Å². The van der Waals surface area contributed by atoms with E-state index in [0.717, 1.165) is 23.1 Å². The minimum Gasteiger partial charge on any atom is -0.360 e. The van der Waals surface area contributed by atoms with Crippen molar-refractivity contribution in [3.8, 4) is 11.4 Å². The lowest BCUT2D eigenvalue weighted by Gasteiger charge is -2.19. The Morgan fingerprint density at radius 3 is 2.52 bits per heavy atom. The van der Waals surface area contributed by atoms with Crippen molar-refractivity contribution < 1.29 is 9.32 Å². The Balaban J connectivity index is 1.62. The van der Waals surface area contributed by atoms with E-state index < -0.39 is 0 Å². The number of amides is 1. The van der Waals surface area contributed by atoms with Crippen molar-refractivity contribution in [3.05, 3.63) is 41.7 Å². The Labute approximate surface area is 175 Å². The number of thioether (sulfide) groups is 1. The molecule has 1 N–H and O–H groups in total. The molecular formula is C21H27N5O2S. The summed E-state index contributed by atoms with van der Waals surface area (Å²) in [5.74, 6) is 2.44. The Kier molecular flexibility index (Phi) is 6.42. The number of carbonyl (C=O) groups is 1. The third kappa shape index (κ3) is 5.26. The molecular weight excluding hydrogens is 386 g/mol. The van der Waals surface area contributed by atoms with Crippen LogP contribution < -0.4 is 5.32 Å². The van der Waals surface area contributed by atoms with Crippen LogP contribution in [0.3, 0.4) is 0 Å². The Hall–Kier alpha value is -2.61. The second-order valence-corrected chi connectivity index (χ2v) is 8.91. The molecule has 0 saturated heterocycles. The maximum atomic E-state index is 12.1. The van der Waals surface area contributed by atoms with Gasteiger partial charge in [-0.25, -0.2) is 0 Å². The molecule has 0 fully saturated rings. The van der Waals surface area contributed by atoms with Crippen LogP contribution in [0.25, 0.3) is 11.4 Å². The molecule has 3 aromatic rings. The van der Waals surface area contributed by atoms with Gasteiger partial charge in [0, 0.05) is 30.3 Å². The number of hydrogen-bond acceptors (Lipinski definition) is 6. The van der Waals surface area contributed by atoms with Crippen LogP contribution in [0.2, 0.25) is 0 Å². The molecule has 0 aliphatic heterocycles. The van der Waals surface area contributed by atoms with Gasteiger partial charge in [0.1, 0.15) is 5.76 Å². The van der Waals surface area contributed by atoms with Crippen LogP contribution in [-0.4, -0.2) is 31.6 Å². The molecule has 3 rings (SSSR count). The van der Waals surface area contributed by atoms with Crippen LogP contribution >= 0.6 is 11.8 Å². The zero-order valence-corrected chi connectivity index (χ0v) is 18.3. The molecule has 0 bridgehead atoms. The fourth-order valence-electron chi connectivity index (χ4n) is 2.88. The second kappa shape index (κ2) is 8.82. The average Bonchev–Trinajstić information content (AvgIpc) is 3.26. The highest BCUT2D eigenvalue weighted by atomic mass is 32.2. The summed E-state index contributed by atoms with van der Waals surface area (Å²) in [5.41, 5.74) is 2.44. The summed E-state index contributed by atoms with van der Waals surface area (Å²) in [6.07, 6.45) is 0.350. The van der Waals surface area contributed by atoms with Crippen LogP contribution in [-0.2, 0) is 16.8 Å². The zero-order valence-electron chi connectivity index (χ0n) is 17.5. The van der Waals surface area contributed by atoms with Crippen molar-refractivity contribution in [1.29, 1.82) is 0 Å². The topological polar surface area (TPSA) is 85.8 Å². The molecule has 7 nitrogen and oxygen atoms in total. The van der Waals surface area contributed by atoms with E-state index in [1.54, 1.807) is 13.0 Å². The summed E-state index contributed by atoms with van der Waals surface area (Å²) in [4.78, 5) is 12.1. The number of aryl methyl sites for hydroxylation is 1. The maximum absolute atomic E-state index is 12.1. The van der Waals surface area contributed by atoms with Crippen LogP contribution in [0.1, 0.15) is 45.4 Å². The van der Waals surface area contributed by atoms with Crippen molar-refractivity contribution >= 4 is 23.5 Å². The van der Waals surface area contributed by atoms with Gasteiger partial charge in [0.2, 0.25) is 5.91 Å². The molecule has 2 heterocycles. The SMILES string of the molecule is CCn1c(SCCC(=O)Nc2cc(C)on2)nnc1-c1ccc(C(C)(C)C)cc1. The molecule has 0 radical (unpaired) electrons. The number of nitrogens with zero attached hydrogens (tertiary/aromatic N) is 4. The molecule has 0 atom stereocenters. The largest absolute Gasteiger partial charge is 0.360 e. The van der Waals surface area contributed by atoms with E-state index in [4.69, 9.17) is 4.52 Å². The number of aromatic nitrogens is 4. The summed E-state index contributed by atoms with van der Waals surface area (Å²) >= 11 is 1.52. The number of hydrogen-bond donors (Lipinski definition) is 1. The van der Waals surface area contributed by atoms with Crippen LogP contribution in [0.4, 0.5) is 5.82 Å². The summed E-state index contributed by atoms with van der Waals surface area (Å²) in [6, 6.07) is 10.2. The number of rotatable bonds is 7. The highest BCUT2D eigenvalue weighted by Crippen LogP contribution is 2.28. The fourth-order valence-corrected chi connectivity index (χ4v) is 3.82. The van der Waals surface area contributed by atoms with Crippen molar-refractivity contribution in [3.63, 3.8) is 0 Å². The molecule has 1 aromatic carbocycles. The molecule has 8 heteroatoms. The molecule has 0 unspecified atom stereocenters. The van der Waals surface area contributed by atoms with Gasteiger partial charge in [-0.05, 0) is 24.8 Å². The van der Waals surface area contributed by atoms with Crippen molar-refractivity contribution in [1.82, 2.24) is 19.9 Å². The van der Waals surface area contributed by atoms with Gasteiger partial charge < -0.3 is 14.4 Å². The van der Waals surface area contributed by atoms with E-state index in [-0.39, 0.29) is 11.3 Å². The Bertz CT molecular complexity index is 970. The number of carbonyl (C=O) groups excluding carboxylic acids is 1. The van der Waals surface area contributed by atoms with Gasteiger partial charge in [-0.15, -0.1) is 10.2 Å². The lowest BCUT2D eigenvalue weighted by Crippen LogP contribution is -2.12. The number of nitrogens with one attached hydrogen (secondary N) is 1. The summed E-state index contributed by atoms with van der Waals surface area (Å²) in [7, 11) is 0. The van der Waals surface area contributed by atoms with Crippen molar-refractivity contribution in [2.24, 2.45) is 0 Å². The van der Waals surface area contributed by atoms with Crippen LogP contribution in [0.5, 0.6) is 0 Å². The third-order valence-electron chi connectivity index (χ3n) is 4.50. The third-order valence-corrected chi connectivity index (χ3v) is 5.47. The normalized spacial score (nSPS) is 11.6. The smallest absolute Gasteiger partial charge is 0.226 e. The first-order valence-electron chi connectivity index (χ1n) is 9.68. The molecule has 154 valence electrons. The van der Waals surface area contributed by atoms with Gasteiger partial charge in [-0.1, -0.05) is 62.0 Å². The first kappa shape index (κ1) is 21.1. The summed E-state index contributed by atoms with van der Waals surface area (Å²) in [5, 5.41) is 16.0. The predicted octanol–water partition coefficient (Wildman–Crippen LogP) is 4.68. The van der Waals surface area contributed by atoms with Gasteiger partial charge in [-0.2, -0.15) is 0 Å². The molecule has 0 aliphatic rings. The molecule has 0 spiro atoms. The molecule has 29 heavy (non-hydrogen) atoms. The average molecular weight is 414 g/mol. The minimum atomic E-state index is -0.105. The van der Waals surface area contributed by atoms with E-state index in [2.05, 4.69) is 77.2 Å². The van der Waals surface area contributed by atoms with E-state index in [1.165, 1.54) is 17.3 Å². The van der Waals surface area contributed by atoms with Gasteiger partial charge in [0.25, 0.3) is 0 Å². The number of benzene rings is 1. The van der Waals surface area contributed by atoms with Gasteiger partial charge >= 0.3 is 0 Å². The molecule has 0 saturated carbocycles. The zero-order chi connectivity index (χ0) is 21.0. The van der Waals surface area contributed by atoms with E-state index in [1.807, 2.05) is 0 Å². The maximum Gasteiger partial charge on any atom is 0.226 e. The molecule has 1 amide bonds. The van der Waals surface area contributed by atoms with E-state index >= 15 is 0 Å². The lowest BCUT2D eigenvalue weighted by molar-refractivity contribution is -0.115. The van der Waals surface area contributed by atoms with E-state index in [0.29, 0.717) is 23.8 Å². The first-order chi connectivity index (χ1) is 13.8. The standard InChI is InChI=1S/C21H27N5O2S/c1-6-26-19(15-7-9-16(10-8-15)21(3,4)5)23-24-20(26)29-12-11-18(27)22-17-13-14(2)28-25-17/h7-10,13H,6,11-12H2,1-5H3,(H,22,25,27). The van der Waals surface area contributed by atoms with Gasteiger partial charge in [-0.3, -0.25) is 4.79 Å². The quantitative estimate of drug-likeness (QED) is 0.566. The predicted molar refractivity (Wildman–Crippen MR) is 115 cm³/mol. The first-order valence-corrected chi connectivity index (χ1v) is 10.7. The summed E-state index contributed by atoms with van der Waals surface area (Å²) in [6.45, 7) is 11.2. The second-order valence-electron chi connectivity index (χ2n) is 7.85. The molecule has 2 aromatic heterocycles. The van der Waals surface area contributed by atoms with Gasteiger partial charge in [0.15, 0.2) is 16.8 Å². The number of anilines is 1. The Morgan fingerprint density at radius 1 is 1.21 bits per heavy atom.